The van der Waals surface area contributed by atoms with Crippen LogP contribution >= 0.6 is 23.2 Å². The summed E-state index contributed by atoms with van der Waals surface area (Å²) >= 11 is 12.8. The summed E-state index contributed by atoms with van der Waals surface area (Å²) < 4.78 is 29.1. The van der Waals surface area contributed by atoms with Crippen LogP contribution in [0.3, 0.4) is 0 Å². The Kier molecular flexibility index (Phi) is 10.4. The van der Waals surface area contributed by atoms with Gasteiger partial charge in [0.2, 0.25) is 11.8 Å². The Labute approximate surface area is 240 Å². The molecule has 7 nitrogen and oxygen atoms in total. The van der Waals surface area contributed by atoms with Gasteiger partial charge in [0.1, 0.15) is 12.6 Å². The van der Waals surface area contributed by atoms with Crippen molar-refractivity contribution in [3.63, 3.8) is 0 Å². The van der Waals surface area contributed by atoms with E-state index in [0.29, 0.717) is 34.3 Å². The van der Waals surface area contributed by atoms with Crippen LogP contribution in [-0.4, -0.2) is 44.3 Å². The van der Waals surface area contributed by atoms with E-state index in [2.05, 4.69) is 5.32 Å². The standard InChI is InChI=1S/C29H33Cl2N3O4S/c1-5-22-10-7-8-13-27(22)34(39(37,38)23-16-14-20(3)15-17-23)19-28(35)33(21(4)29(36)32-6-2)18-24-25(30)11-9-12-26(24)31/h7-17,21H,5-6,18-19H2,1-4H3,(H,32,36)/t21-/m0/s1. The van der Waals surface area contributed by atoms with Gasteiger partial charge >= 0.3 is 0 Å². The average molecular weight is 591 g/mol. The fraction of sp³-hybridized carbons (Fsp3) is 0.310. The fourth-order valence-electron chi connectivity index (χ4n) is 4.16. The molecule has 2 amide bonds. The van der Waals surface area contributed by atoms with Crippen LogP contribution in [0.5, 0.6) is 0 Å². The monoisotopic (exact) mass is 589 g/mol. The van der Waals surface area contributed by atoms with Gasteiger partial charge in [0, 0.05) is 28.7 Å². The molecule has 3 rings (SSSR count). The van der Waals surface area contributed by atoms with Crippen LogP contribution in [0.15, 0.2) is 71.6 Å². The van der Waals surface area contributed by atoms with Crippen LogP contribution in [0.2, 0.25) is 10.0 Å². The molecule has 0 unspecified atom stereocenters. The second kappa shape index (κ2) is 13.3. The molecule has 0 spiro atoms. The predicted molar refractivity (Wildman–Crippen MR) is 157 cm³/mol. The number of hydrogen-bond acceptors (Lipinski definition) is 4. The minimum atomic E-state index is -4.14. The molecule has 3 aromatic carbocycles. The lowest BCUT2D eigenvalue weighted by Gasteiger charge is -2.33. The summed E-state index contributed by atoms with van der Waals surface area (Å²) in [5.41, 5.74) is 2.53. The van der Waals surface area contributed by atoms with Gasteiger partial charge in [0.15, 0.2) is 0 Å². The van der Waals surface area contributed by atoms with E-state index in [-0.39, 0.29) is 17.3 Å². The number of anilines is 1. The van der Waals surface area contributed by atoms with Gasteiger partial charge in [-0.25, -0.2) is 8.42 Å². The molecule has 10 heteroatoms. The van der Waals surface area contributed by atoms with E-state index < -0.39 is 28.5 Å². The summed E-state index contributed by atoms with van der Waals surface area (Å²) in [5.74, 6) is -0.956. The van der Waals surface area contributed by atoms with E-state index in [9.17, 15) is 18.0 Å². The molecule has 1 N–H and O–H groups in total. The second-order valence-corrected chi connectivity index (χ2v) is 11.8. The van der Waals surface area contributed by atoms with Gasteiger partial charge in [-0.2, -0.15) is 0 Å². The Morgan fingerprint density at radius 2 is 1.54 bits per heavy atom. The minimum absolute atomic E-state index is 0.0595. The molecular formula is C29H33Cl2N3O4S. The Morgan fingerprint density at radius 3 is 2.13 bits per heavy atom. The molecule has 0 fully saturated rings. The molecule has 208 valence electrons. The molecule has 39 heavy (non-hydrogen) atoms. The number of halogens is 2. The number of nitrogens with zero attached hydrogens (tertiary/aromatic N) is 2. The first-order valence-electron chi connectivity index (χ1n) is 12.7. The summed E-state index contributed by atoms with van der Waals surface area (Å²) in [7, 11) is -4.14. The van der Waals surface area contributed by atoms with Gasteiger partial charge in [0.05, 0.1) is 10.6 Å². The van der Waals surface area contributed by atoms with E-state index in [4.69, 9.17) is 23.2 Å². The minimum Gasteiger partial charge on any atom is -0.355 e. The van der Waals surface area contributed by atoms with Crippen molar-refractivity contribution in [1.29, 1.82) is 0 Å². The SMILES string of the molecule is CCNC(=O)[C@H](C)N(Cc1c(Cl)cccc1Cl)C(=O)CN(c1ccccc1CC)S(=O)(=O)c1ccc(C)cc1. The van der Waals surface area contributed by atoms with Gasteiger partial charge < -0.3 is 10.2 Å². The van der Waals surface area contributed by atoms with E-state index >= 15 is 0 Å². The second-order valence-electron chi connectivity index (χ2n) is 9.10. The summed E-state index contributed by atoms with van der Waals surface area (Å²) in [6, 6.07) is 17.6. The van der Waals surface area contributed by atoms with Gasteiger partial charge in [-0.3, -0.25) is 13.9 Å². The lowest BCUT2D eigenvalue weighted by molar-refractivity contribution is -0.139. The number of carbonyl (C=O) groups is 2. The number of aryl methyl sites for hydroxylation is 2. The highest BCUT2D eigenvalue weighted by Gasteiger charge is 2.33. The number of benzene rings is 3. The third kappa shape index (κ3) is 7.12. The number of amides is 2. The van der Waals surface area contributed by atoms with Crippen LogP contribution in [0, 0.1) is 6.92 Å². The Bertz CT molecular complexity index is 1410. The number of likely N-dealkylation sites (N-methyl/N-ethyl adjacent to an activating group) is 1. The van der Waals surface area contributed by atoms with Gasteiger partial charge in [0.25, 0.3) is 10.0 Å². The molecular weight excluding hydrogens is 557 g/mol. The van der Waals surface area contributed by atoms with Crippen molar-refractivity contribution in [3.05, 3.63) is 93.5 Å². The maximum atomic E-state index is 14.0. The zero-order valence-corrected chi connectivity index (χ0v) is 24.8. The van der Waals surface area contributed by atoms with E-state index in [1.54, 1.807) is 56.3 Å². The van der Waals surface area contributed by atoms with Crippen molar-refractivity contribution in [2.75, 3.05) is 17.4 Å². The van der Waals surface area contributed by atoms with Crippen LogP contribution in [0.25, 0.3) is 0 Å². The average Bonchev–Trinajstić information content (AvgIpc) is 2.91. The Balaban J connectivity index is 2.10. The summed E-state index contributed by atoms with van der Waals surface area (Å²) in [6.45, 7) is 6.91. The molecule has 0 heterocycles. The first kappa shape index (κ1) is 30.5. The van der Waals surface area contributed by atoms with Crippen molar-refractivity contribution in [2.45, 2.75) is 51.6 Å². The largest absolute Gasteiger partial charge is 0.355 e. The van der Waals surface area contributed by atoms with E-state index in [0.717, 1.165) is 15.4 Å². The summed E-state index contributed by atoms with van der Waals surface area (Å²) in [5, 5.41) is 3.40. The Hall–Kier alpha value is -3.07. The quantitative estimate of drug-likeness (QED) is 0.315. The van der Waals surface area contributed by atoms with Crippen LogP contribution in [0.1, 0.15) is 37.5 Å². The third-order valence-corrected chi connectivity index (χ3v) is 8.92. The lowest BCUT2D eigenvalue weighted by atomic mass is 10.1. The molecule has 0 bridgehead atoms. The molecule has 0 saturated heterocycles. The number of hydrogen-bond donors (Lipinski definition) is 1. The number of para-hydroxylation sites is 1. The third-order valence-electron chi connectivity index (χ3n) is 6.44. The fourth-order valence-corrected chi connectivity index (χ4v) is 6.13. The van der Waals surface area contributed by atoms with Crippen molar-refractivity contribution in [2.24, 2.45) is 0 Å². The summed E-state index contributed by atoms with van der Waals surface area (Å²) in [4.78, 5) is 28.2. The highest BCUT2D eigenvalue weighted by Crippen LogP contribution is 2.30. The topological polar surface area (TPSA) is 86.8 Å². The zero-order chi connectivity index (χ0) is 28.7. The molecule has 0 aromatic heterocycles. The van der Waals surface area contributed by atoms with E-state index in [1.165, 1.54) is 17.0 Å². The highest BCUT2D eigenvalue weighted by atomic mass is 35.5. The molecule has 1 atom stereocenters. The van der Waals surface area contributed by atoms with Gasteiger partial charge in [-0.05, 0) is 63.1 Å². The van der Waals surface area contributed by atoms with Crippen molar-refractivity contribution in [3.8, 4) is 0 Å². The lowest BCUT2D eigenvalue weighted by Crippen LogP contribution is -2.51. The molecule has 0 radical (unpaired) electrons. The maximum Gasteiger partial charge on any atom is 0.264 e. The first-order chi connectivity index (χ1) is 18.5. The smallest absolute Gasteiger partial charge is 0.264 e. The Morgan fingerprint density at radius 1 is 0.923 bits per heavy atom. The van der Waals surface area contributed by atoms with Gasteiger partial charge in [-0.15, -0.1) is 0 Å². The normalized spacial score (nSPS) is 12.1. The van der Waals surface area contributed by atoms with Crippen molar-refractivity contribution in [1.82, 2.24) is 10.2 Å². The van der Waals surface area contributed by atoms with Crippen molar-refractivity contribution >= 4 is 50.7 Å². The maximum absolute atomic E-state index is 14.0. The number of sulfonamides is 1. The molecule has 0 aliphatic carbocycles. The van der Waals surface area contributed by atoms with Crippen LogP contribution in [0.4, 0.5) is 5.69 Å². The number of carbonyl (C=O) groups excluding carboxylic acids is 2. The van der Waals surface area contributed by atoms with Crippen LogP contribution < -0.4 is 9.62 Å². The van der Waals surface area contributed by atoms with Crippen LogP contribution in [-0.2, 0) is 32.6 Å². The first-order valence-corrected chi connectivity index (χ1v) is 14.9. The molecule has 0 aliphatic rings. The van der Waals surface area contributed by atoms with E-state index in [1.807, 2.05) is 26.0 Å². The summed E-state index contributed by atoms with van der Waals surface area (Å²) in [6.07, 6.45) is 0.554. The number of nitrogens with one attached hydrogen (secondary N) is 1. The zero-order valence-electron chi connectivity index (χ0n) is 22.4. The van der Waals surface area contributed by atoms with Gasteiger partial charge in [-0.1, -0.05) is 72.1 Å². The predicted octanol–water partition coefficient (Wildman–Crippen LogP) is 5.61. The highest BCUT2D eigenvalue weighted by molar-refractivity contribution is 7.92. The molecule has 0 aliphatic heterocycles. The number of rotatable bonds is 11. The van der Waals surface area contributed by atoms with Crippen molar-refractivity contribution < 1.29 is 18.0 Å². The molecule has 3 aromatic rings. The molecule has 0 saturated carbocycles.